The van der Waals surface area contributed by atoms with Crippen molar-refractivity contribution < 1.29 is 0 Å². The van der Waals surface area contributed by atoms with Crippen molar-refractivity contribution >= 4 is 26.7 Å². The smallest absolute Gasteiger partial charge is 0.142 e. The van der Waals surface area contributed by atoms with Crippen molar-refractivity contribution in [1.82, 2.24) is 9.97 Å². The Labute approximate surface area is 120 Å². The maximum Gasteiger partial charge on any atom is 0.142 e. The fourth-order valence-electron chi connectivity index (χ4n) is 2.23. The lowest BCUT2D eigenvalue weighted by atomic mass is 10.0. The zero-order valence-electron chi connectivity index (χ0n) is 10.3. The molecule has 2 nitrogen and oxygen atoms in total. The molecule has 1 unspecified atom stereocenters. The number of alkyl halides is 1. The number of rotatable bonds is 3. The molecule has 3 aromatic rings. The summed E-state index contributed by atoms with van der Waals surface area (Å²) in [5.41, 5.74) is 1.31. The Bertz CT molecular complexity index is 677. The van der Waals surface area contributed by atoms with Gasteiger partial charge in [-0.2, -0.15) is 0 Å². The van der Waals surface area contributed by atoms with Gasteiger partial charge >= 0.3 is 0 Å². The van der Waals surface area contributed by atoms with E-state index in [0.29, 0.717) is 0 Å². The van der Waals surface area contributed by atoms with Crippen LogP contribution in [0, 0.1) is 0 Å². The fraction of sp³-hybridized carbons (Fsp3) is 0.125. The van der Waals surface area contributed by atoms with E-state index in [-0.39, 0.29) is 4.83 Å². The number of aromatic nitrogens is 2. The minimum absolute atomic E-state index is 0.138. The number of fused-ring (bicyclic) bond motifs is 1. The Balaban J connectivity index is 1.94. The number of halogens is 1. The monoisotopic (exact) mass is 312 g/mol. The number of hydrogen-bond donors (Lipinski definition) is 0. The molecule has 94 valence electrons. The van der Waals surface area contributed by atoms with Crippen LogP contribution in [0.1, 0.15) is 16.2 Å². The van der Waals surface area contributed by atoms with Gasteiger partial charge in [0.25, 0.3) is 0 Å². The van der Waals surface area contributed by atoms with Gasteiger partial charge in [-0.15, -0.1) is 0 Å². The Hall–Kier alpha value is -1.74. The van der Waals surface area contributed by atoms with E-state index in [4.69, 9.17) is 0 Å². The number of nitrogens with zero attached hydrogens (tertiary/aromatic N) is 2. The predicted octanol–water partition coefficient (Wildman–Crippen LogP) is 4.31. The van der Waals surface area contributed by atoms with Crippen molar-refractivity contribution in [2.24, 2.45) is 0 Å². The van der Waals surface area contributed by atoms with Crippen molar-refractivity contribution in [3.05, 3.63) is 72.3 Å². The van der Waals surface area contributed by atoms with Gasteiger partial charge in [-0.3, -0.25) is 0 Å². The van der Waals surface area contributed by atoms with Crippen LogP contribution in [0.5, 0.6) is 0 Å². The molecule has 0 fully saturated rings. The summed E-state index contributed by atoms with van der Waals surface area (Å²) in [5, 5.41) is 2.57. The average Bonchev–Trinajstić information content (AvgIpc) is 2.48. The highest BCUT2D eigenvalue weighted by Gasteiger charge is 2.12. The molecule has 0 aliphatic heterocycles. The molecule has 0 bridgehead atoms. The second kappa shape index (κ2) is 5.49. The van der Waals surface area contributed by atoms with E-state index in [1.165, 1.54) is 16.3 Å². The van der Waals surface area contributed by atoms with Crippen LogP contribution in [0.25, 0.3) is 10.8 Å². The summed E-state index contributed by atoms with van der Waals surface area (Å²) in [4.78, 5) is 8.73. The molecule has 19 heavy (non-hydrogen) atoms. The molecule has 1 heterocycles. The zero-order valence-corrected chi connectivity index (χ0v) is 11.9. The van der Waals surface area contributed by atoms with Crippen molar-refractivity contribution in [2.45, 2.75) is 11.2 Å². The van der Waals surface area contributed by atoms with E-state index >= 15 is 0 Å². The lowest BCUT2D eigenvalue weighted by Crippen LogP contribution is -2.01. The molecule has 0 aliphatic carbocycles. The summed E-state index contributed by atoms with van der Waals surface area (Å²) in [6.07, 6.45) is 4.44. The van der Waals surface area contributed by atoms with Crippen LogP contribution < -0.4 is 0 Å². The van der Waals surface area contributed by atoms with Gasteiger partial charge in [0, 0.05) is 12.4 Å². The third kappa shape index (κ3) is 2.66. The summed E-state index contributed by atoms with van der Waals surface area (Å²) < 4.78 is 0. The second-order valence-corrected chi connectivity index (χ2v) is 5.52. The van der Waals surface area contributed by atoms with Crippen LogP contribution in [0.3, 0.4) is 0 Å². The highest BCUT2D eigenvalue weighted by atomic mass is 79.9. The van der Waals surface area contributed by atoms with E-state index in [2.05, 4.69) is 68.4 Å². The first-order valence-corrected chi connectivity index (χ1v) is 7.14. The lowest BCUT2D eigenvalue weighted by molar-refractivity contribution is 0.853. The average molecular weight is 313 g/mol. The molecule has 0 saturated heterocycles. The van der Waals surface area contributed by atoms with Crippen molar-refractivity contribution in [2.75, 3.05) is 0 Å². The standard InChI is InChI=1S/C16H13BrN2/c17-15(16-18-9-4-10-19-16)11-13-7-3-6-12-5-1-2-8-14(12)13/h1-10,15H,11H2. The molecular weight excluding hydrogens is 300 g/mol. The first kappa shape index (κ1) is 12.3. The molecule has 0 radical (unpaired) electrons. The first-order chi connectivity index (χ1) is 9.34. The second-order valence-electron chi connectivity index (χ2n) is 4.42. The predicted molar refractivity (Wildman–Crippen MR) is 81.4 cm³/mol. The maximum atomic E-state index is 4.30. The van der Waals surface area contributed by atoms with Gasteiger partial charge < -0.3 is 0 Å². The van der Waals surface area contributed by atoms with Gasteiger partial charge in [0.15, 0.2) is 0 Å². The third-order valence-electron chi connectivity index (χ3n) is 3.14. The normalized spacial score (nSPS) is 12.5. The van der Waals surface area contributed by atoms with E-state index in [9.17, 15) is 0 Å². The van der Waals surface area contributed by atoms with Gasteiger partial charge in [0.1, 0.15) is 5.82 Å². The van der Waals surface area contributed by atoms with Crippen LogP contribution in [0.15, 0.2) is 60.9 Å². The quantitative estimate of drug-likeness (QED) is 0.673. The van der Waals surface area contributed by atoms with E-state index in [1.54, 1.807) is 12.4 Å². The minimum Gasteiger partial charge on any atom is -0.240 e. The largest absolute Gasteiger partial charge is 0.240 e. The topological polar surface area (TPSA) is 25.8 Å². The summed E-state index contributed by atoms with van der Waals surface area (Å²) in [5.74, 6) is 0.829. The molecule has 1 aromatic heterocycles. The molecule has 3 rings (SSSR count). The van der Waals surface area contributed by atoms with Crippen LogP contribution in [0.4, 0.5) is 0 Å². The molecule has 3 heteroatoms. The zero-order chi connectivity index (χ0) is 13.1. The van der Waals surface area contributed by atoms with E-state index in [0.717, 1.165) is 12.2 Å². The van der Waals surface area contributed by atoms with Crippen LogP contribution in [-0.4, -0.2) is 9.97 Å². The first-order valence-electron chi connectivity index (χ1n) is 6.22. The molecular formula is C16H13BrN2. The Morgan fingerprint density at radius 3 is 2.47 bits per heavy atom. The molecule has 2 aromatic carbocycles. The van der Waals surface area contributed by atoms with Crippen molar-refractivity contribution in [3.63, 3.8) is 0 Å². The van der Waals surface area contributed by atoms with Gasteiger partial charge in [0.2, 0.25) is 0 Å². The van der Waals surface area contributed by atoms with Crippen LogP contribution >= 0.6 is 15.9 Å². The maximum absolute atomic E-state index is 4.30. The summed E-state index contributed by atoms with van der Waals surface area (Å²) in [7, 11) is 0. The van der Waals surface area contributed by atoms with Gasteiger partial charge in [0.05, 0.1) is 4.83 Å². The summed E-state index contributed by atoms with van der Waals surface area (Å²) >= 11 is 3.68. The Kier molecular flexibility index (Phi) is 3.56. The highest BCUT2D eigenvalue weighted by molar-refractivity contribution is 9.09. The SMILES string of the molecule is BrC(Cc1cccc2ccccc12)c1ncccn1. The molecule has 1 atom stereocenters. The van der Waals surface area contributed by atoms with Crippen molar-refractivity contribution in [1.29, 1.82) is 0 Å². The van der Waals surface area contributed by atoms with Gasteiger partial charge in [-0.1, -0.05) is 58.4 Å². The summed E-state index contributed by atoms with van der Waals surface area (Å²) in [6.45, 7) is 0. The summed E-state index contributed by atoms with van der Waals surface area (Å²) in [6, 6.07) is 16.7. The van der Waals surface area contributed by atoms with Crippen LogP contribution in [0.2, 0.25) is 0 Å². The van der Waals surface area contributed by atoms with E-state index in [1.807, 2.05) is 6.07 Å². The van der Waals surface area contributed by atoms with E-state index < -0.39 is 0 Å². The Morgan fingerprint density at radius 2 is 1.63 bits per heavy atom. The van der Waals surface area contributed by atoms with Gasteiger partial charge in [-0.05, 0) is 28.8 Å². The highest BCUT2D eigenvalue weighted by Crippen LogP contribution is 2.27. The molecule has 0 N–H and O–H groups in total. The lowest BCUT2D eigenvalue weighted by Gasteiger charge is -2.10. The van der Waals surface area contributed by atoms with Gasteiger partial charge in [-0.25, -0.2) is 9.97 Å². The Morgan fingerprint density at radius 1 is 0.895 bits per heavy atom. The molecule has 0 amide bonds. The molecule has 0 spiro atoms. The molecule has 0 saturated carbocycles. The van der Waals surface area contributed by atoms with Crippen molar-refractivity contribution in [3.8, 4) is 0 Å². The van der Waals surface area contributed by atoms with Crippen LogP contribution in [-0.2, 0) is 6.42 Å². The molecule has 0 aliphatic rings. The number of hydrogen-bond acceptors (Lipinski definition) is 2. The fourth-order valence-corrected chi connectivity index (χ4v) is 2.81. The minimum atomic E-state index is 0.138. The number of benzene rings is 2. The third-order valence-corrected chi connectivity index (χ3v) is 3.88.